The molecular formula is C19H20N4O3S2. The summed E-state index contributed by atoms with van der Waals surface area (Å²) >= 11 is 1.12. The third kappa shape index (κ3) is 4.00. The van der Waals surface area contributed by atoms with Crippen molar-refractivity contribution in [1.82, 2.24) is 4.90 Å². The van der Waals surface area contributed by atoms with Gasteiger partial charge in [0.1, 0.15) is 4.90 Å². The van der Waals surface area contributed by atoms with Crippen molar-refractivity contribution in [2.45, 2.75) is 4.90 Å². The molecule has 0 saturated carbocycles. The molecule has 1 saturated heterocycles. The number of piperazine rings is 1. The van der Waals surface area contributed by atoms with Crippen LogP contribution in [0.4, 0.5) is 11.4 Å². The molecule has 146 valence electrons. The number of amides is 1. The van der Waals surface area contributed by atoms with Crippen molar-refractivity contribution in [3.63, 3.8) is 0 Å². The summed E-state index contributed by atoms with van der Waals surface area (Å²) in [5.41, 5.74) is 1.65. The maximum atomic E-state index is 12.5. The van der Waals surface area contributed by atoms with Gasteiger partial charge in [-0.1, -0.05) is 42.1 Å². The number of nitrogens with zero attached hydrogens (tertiary/aromatic N) is 3. The van der Waals surface area contributed by atoms with E-state index in [0.717, 1.165) is 30.5 Å². The first-order valence-corrected chi connectivity index (χ1v) is 11.4. The van der Waals surface area contributed by atoms with Crippen molar-refractivity contribution in [2.24, 2.45) is 4.40 Å². The number of benzene rings is 2. The van der Waals surface area contributed by atoms with Gasteiger partial charge in [-0.25, -0.2) is 0 Å². The number of carbonyl (C=O) groups is 1. The SMILES string of the molecule is O=C(CSC1=NS(=O)(=O)c2ccccc2N1)N1CCN(c2ccccc2)CC1. The first-order valence-electron chi connectivity index (χ1n) is 8.94. The molecule has 0 radical (unpaired) electrons. The summed E-state index contributed by atoms with van der Waals surface area (Å²) in [5.74, 6) is 0.132. The second-order valence-electron chi connectivity index (χ2n) is 6.48. The molecule has 2 aliphatic rings. The van der Waals surface area contributed by atoms with Gasteiger partial charge in [-0.3, -0.25) is 4.79 Å². The molecule has 28 heavy (non-hydrogen) atoms. The topological polar surface area (TPSA) is 82.1 Å². The van der Waals surface area contributed by atoms with E-state index in [1.807, 2.05) is 23.1 Å². The fraction of sp³-hybridized carbons (Fsp3) is 0.263. The summed E-state index contributed by atoms with van der Waals surface area (Å²) in [4.78, 5) is 16.8. The Morgan fingerprint density at radius 3 is 2.43 bits per heavy atom. The summed E-state index contributed by atoms with van der Waals surface area (Å²) in [6.07, 6.45) is 0. The largest absolute Gasteiger partial charge is 0.368 e. The third-order valence-electron chi connectivity index (χ3n) is 4.70. The fourth-order valence-electron chi connectivity index (χ4n) is 3.23. The minimum Gasteiger partial charge on any atom is -0.368 e. The average molecular weight is 417 g/mol. The van der Waals surface area contributed by atoms with Crippen LogP contribution in [0.2, 0.25) is 0 Å². The van der Waals surface area contributed by atoms with Gasteiger partial charge in [-0.15, -0.1) is 4.40 Å². The van der Waals surface area contributed by atoms with E-state index in [1.165, 1.54) is 6.07 Å². The van der Waals surface area contributed by atoms with Gasteiger partial charge in [0.15, 0.2) is 5.17 Å². The molecule has 0 unspecified atom stereocenters. The van der Waals surface area contributed by atoms with Gasteiger partial charge in [0.25, 0.3) is 10.0 Å². The predicted octanol–water partition coefficient (Wildman–Crippen LogP) is 2.24. The van der Waals surface area contributed by atoms with E-state index in [2.05, 4.69) is 26.7 Å². The van der Waals surface area contributed by atoms with Crippen LogP contribution in [0.15, 0.2) is 63.9 Å². The van der Waals surface area contributed by atoms with E-state index in [0.29, 0.717) is 18.8 Å². The number of amidine groups is 1. The molecule has 7 nitrogen and oxygen atoms in total. The molecule has 2 heterocycles. The van der Waals surface area contributed by atoms with Gasteiger partial charge < -0.3 is 15.1 Å². The summed E-state index contributed by atoms with van der Waals surface area (Å²) in [7, 11) is -3.73. The lowest BCUT2D eigenvalue weighted by molar-refractivity contribution is -0.128. The molecule has 0 spiro atoms. The minimum atomic E-state index is -3.73. The second kappa shape index (κ2) is 7.84. The lowest BCUT2D eigenvalue weighted by Crippen LogP contribution is -2.49. The van der Waals surface area contributed by atoms with Crippen molar-refractivity contribution < 1.29 is 13.2 Å². The predicted molar refractivity (Wildman–Crippen MR) is 112 cm³/mol. The maximum Gasteiger partial charge on any atom is 0.286 e. The molecule has 0 bridgehead atoms. The van der Waals surface area contributed by atoms with Crippen LogP contribution >= 0.6 is 11.8 Å². The highest BCUT2D eigenvalue weighted by molar-refractivity contribution is 8.15. The van der Waals surface area contributed by atoms with E-state index in [-0.39, 0.29) is 21.7 Å². The molecule has 4 rings (SSSR count). The molecule has 2 aliphatic heterocycles. The number of anilines is 2. The fourth-order valence-corrected chi connectivity index (χ4v) is 5.37. The number of para-hydroxylation sites is 2. The minimum absolute atomic E-state index is 0.0153. The normalized spacial score (nSPS) is 18.1. The smallest absolute Gasteiger partial charge is 0.286 e. The number of hydrogen-bond acceptors (Lipinski definition) is 6. The number of thioether (sulfide) groups is 1. The Kier molecular flexibility index (Phi) is 5.27. The van der Waals surface area contributed by atoms with Gasteiger partial charge >= 0.3 is 0 Å². The van der Waals surface area contributed by atoms with Crippen LogP contribution in [0.3, 0.4) is 0 Å². The molecule has 2 aromatic rings. The highest BCUT2D eigenvalue weighted by atomic mass is 32.2. The van der Waals surface area contributed by atoms with Crippen molar-refractivity contribution in [3.05, 3.63) is 54.6 Å². The lowest BCUT2D eigenvalue weighted by Gasteiger charge is -2.36. The summed E-state index contributed by atoms with van der Waals surface area (Å²) in [6, 6.07) is 16.8. The highest BCUT2D eigenvalue weighted by Crippen LogP contribution is 2.29. The molecular weight excluding hydrogens is 396 g/mol. The number of rotatable bonds is 3. The number of hydrogen-bond donors (Lipinski definition) is 1. The van der Waals surface area contributed by atoms with Crippen LogP contribution in [0.5, 0.6) is 0 Å². The molecule has 2 aromatic carbocycles. The lowest BCUT2D eigenvalue weighted by atomic mass is 10.2. The monoisotopic (exact) mass is 416 g/mol. The van der Waals surface area contributed by atoms with Crippen molar-refractivity contribution in [1.29, 1.82) is 0 Å². The zero-order chi connectivity index (χ0) is 19.6. The number of nitrogens with one attached hydrogen (secondary N) is 1. The van der Waals surface area contributed by atoms with Crippen LogP contribution in [0.1, 0.15) is 0 Å². The standard InChI is InChI=1S/C19H20N4O3S2/c24-18(23-12-10-22(11-13-23)15-6-2-1-3-7-15)14-27-19-20-16-8-4-5-9-17(16)28(25,26)21-19/h1-9H,10-14H2,(H,20,21). The van der Waals surface area contributed by atoms with Crippen molar-refractivity contribution in [3.8, 4) is 0 Å². The number of carbonyl (C=O) groups excluding carboxylic acids is 1. The maximum absolute atomic E-state index is 12.5. The summed E-state index contributed by atoms with van der Waals surface area (Å²) in [6.45, 7) is 2.85. The van der Waals surface area contributed by atoms with E-state index < -0.39 is 10.0 Å². The molecule has 1 N–H and O–H groups in total. The Morgan fingerprint density at radius 2 is 1.68 bits per heavy atom. The zero-order valence-corrected chi connectivity index (χ0v) is 16.7. The molecule has 0 aliphatic carbocycles. The summed E-state index contributed by atoms with van der Waals surface area (Å²) in [5, 5.41) is 3.23. The molecule has 1 amide bonds. The summed E-state index contributed by atoms with van der Waals surface area (Å²) < 4.78 is 28.3. The highest BCUT2D eigenvalue weighted by Gasteiger charge is 2.26. The van der Waals surface area contributed by atoms with E-state index in [9.17, 15) is 13.2 Å². The third-order valence-corrected chi connectivity index (χ3v) is 7.00. The average Bonchev–Trinajstić information content (AvgIpc) is 2.72. The molecule has 0 aromatic heterocycles. The Bertz CT molecular complexity index is 1000. The van der Waals surface area contributed by atoms with Crippen LogP contribution < -0.4 is 10.2 Å². The zero-order valence-electron chi connectivity index (χ0n) is 15.1. The Balaban J connectivity index is 1.33. The number of sulfonamides is 1. The Morgan fingerprint density at radius 1 is 1.00 bits per heavy atom. The van der Waals surface area contributed by atoms with Crippen molar-refractivity contribution in [2.75, 3.05) is 42.1 Å². The molecule has 9 heteroatoms. The van der Waals surface area contributed by atoms with Crippen LogP contribution in [0.25, 0.3) is 0 Å². The first-order chi connectivity index (χ1) is 13.5. The van der Waals surface area contributed by atoms with Crippen molar-refractivity contribution >= 4 is 44.2 Å². The van der Waals surface area contributed by atoms with Gasteiger partial charge in [-0.05, 0) is 24.3 Å². The quantitative estimate of drug-likeness (QED) is 0.826. The van der Waals surface area contributed by atoms with Gasteiger partial charge in [0.2, 0.25) is 5.91 Å². The Labute approximate surface area is 168 Å². The second-order valence-corrected chi connectivity index (χ2v) is 9.02. The Hall–Kier alpha value is -2.52. The van der Waals surface area contributed by atoms with Crippen LogP contribution in [-0.4, -0.2) is 56.3 Å². The molecule has 0 atom stereocenters. The van der Waals surface area contributed by atoms with Crippen LogP contribution in [0, 0.1) is 0 Å². The van der Waals surface area contributed by atoms with Crippen LogP contribution in [-0.2, 0) is 14.8 Å². The number of fused-ring (bicyclic) bond motifs is 1. The van der Waals surface area contributed by atoms with E-state index in [1.54, 1.807) is 18.2 Å². The van der Waals surface area contributed by atoms with E-state index >= 15 is 0 Å². The van der Waals surface area contributed by atoms with Gasteiger partial charge in [-0.2, -0.15) is 8.42 Å². The first kappa shape index (κ1) is 18.8. The van der Waals surface area contributed by atoms with E-state index in [4.69, 9.17) is 0 Å². The molecule has 1 fully saturated rings. The van der Waals surface area contributed by atoms with Gasteiger partial charge in [0, 0.05) is 31.9 Å². The van der Waals surface area contributed by atoms with Gasteiger partial charge in [0.05, 0.1) is 11.4 Å².